The van der Waals surface area contributed by atoms with Crippen LogP contribution in [-0.2, 0) is 12.3 Å². The van der Waals surface area contributed by atoms with Crippen molar-refractivity contribution in [1.29, 1.82) is 0 Å². The van der Waals surface area contributed by atoms with E-state index in [0.29, 0.717) is 40.2 Å². The smallest absolute Gasteiger partial charge is 0.258 e. The molecule has 0 spiro atoms. The first-order chi connectivity index (χ1) is 16.1. The number of aromatic nitrogens is 5. The van der Waals surface area contributed by atoms with Gasteiger partial charge in [0.25, 0.3) is 5.56 Å². The van der Waals surface area contributed by atoms with Gasteiger partial charge in [0.1, 0.15) is 11.5 Å². The van der Waals surface area contributed by atoms with Gasteiger partial charge in [0.05, 0.1) is 17.8 Å². The lowest BCUT2D eigenvalue weighted by Crippen LogP contribution is -2.17. The van der Waals surface area contributed by atoms with Crippen molar-refractivity contribution in [2.24, 2.45) is 0 Å². The fraction of sp³-hybridized carbons (Fsp3) is 0.120. The van der Waals surface area contributed by atoms with Crippen LogP contribution in [0.5, 0.6) is 0 Å². The summed E-state index contributed by atoms with van der Waals surface area (Å²) in [6.07, 6.45) is 0. The summed E-state index contributed by atoms with van der Waals surface area (Å²) in [4.78, 5) is 17.2. The monoisotopic (exact) mass is 457 g/mol. The first-order valence-corrected chi connectivity index (χ1v) is 11.4. The number of aryl methyl sites for hydroxylation is 1. The quantitative estimate of drug-likeness (QED) is 0.345. The van der Waals surface area contributed by atoms with Gasteiger partial charge in [-0.3, -0.25) is 13.8 Å². The number of halogens is 1. The molecular weight excluding hydrogens is 437 g/mol. The number of hydrogen-bond donors (Lipinski definition) is 0. The molecule has 0 fully saturated rings. The highest BCUT2D eigenvalue weighted by molar-refractivity contribution is 7.98. The second-order valence-corrected chi connectivity index (χ2v) is 8.54. The molecular formula is C25H20FN5OS. The van der Waals surface area contributed by atoms with Crippen molar-refractivity contribution in [1.82, 2.24) is 24.1 Å². The third-order valence-corrected chi connectivity index (χ3v) is 6.30. The van der Waals surface area contributed by atoms with Crippen LogP contribution in [0.2, 0.25) is 0 Å². The third-order valence-electron chi connectivity index (χ3n) is 5.30. The minimum atomic E-state index is -0.352. The lowest BCUT2D eigenvalue weighted by Gasteiger charge is -2.11. The van der Waals surface area contributed by atoms with Gasteiger partial charge in [-0.2, -0.15) is 0 Å². The summed E-state index contributed by atoms with van der Waals surface area (Å²) in [7, 11) is 0. The fourth-order valence-corrected chi connectivity index (χ4v) is 4.55. The molecule has 5 rings (SSSR count). The second-order valence-electron chi connectivity index (χ2n) is 7.59. The van der Waals surface area contributed by atoms with Crippen LogP contribution >= 0.6 is 11.8 Å². The summed E-state index contributed by atoms with van der Waals surface area (Å²) in [5, 5.41) is 9.27. The molecule has 0 atom stereocenters. The Morgan fingerprint density at radius 3 is 2.55 bits per heavy atom. The van der Waals surface area contributed by atoms with Crippen LogP contribution in [0.15, 0.2) is 88.8 Å². The molecule has 0 aliphatic heterocycles. The van der Waals surface area contributed by atoms with E-state index >= 15 is 0 Å². The molecule has 0 saturated heterocycles. The van der Waals surface area contributed by atoms with Gasteiger partial charge in [-0.25, -0.2) is 9.37 Å². The molecule has 6 nitrogen and oxygen atoms in total. The summed E-state index contributed by atoms with van der Waals surface area (Å²) in [5.41, 5.74) is 3.42. The molecule has 0 bridgehead atoms. The van der Waals surface area contributed by atoms with E-state index in [4.69, 9.17) is 0 Å². The Morgan fingerprint density at radius 2 is 1.73 bits per heavy atom. The third kappa shape index (κ3) is 4.29. The second kappa shape index (κ2) is 8.99. The highest BCUT2D eigenvalue weighted by Crippen LogP contribution is 2.28. The van der Waals surface area contributed by atoms with Crippen LogP contribution in [0.25, 0.3) is 17.0 Å². The van der Waals surface area contributed by atoms with E-state index in [-0.39, 0.29) is 11.4 Å². The maximum atomic E-state index is 14.5. The molecule has 2 aromatic carbocycles. The lowest BCUT2D eigenvalue weighted by molar-refractivity contribution is 0.626. The summed E-state index contributed by atoms with van der Waals surface area (Å²) < 4.78 is 18.0. The average molecular weight is 458 g/mol. The van der Waals surface area contributed by atoms with E-state index < -0.39 is 0 Å². The number of thioether (sulfide) groups is 1. The Hall–Kier alpha value is -3.78. The van der Waals surface area contributed by atoms with Gasteiger partial charge in [0, 0.05) is 17.5 Å². The van der Waals surface area contributed by atoms with Gasteiger partial charge < -0.3 is 0 Å². The van der Waals surface area contributed by atoms with Crippen molar-refractivity contribution >= 4 is 17.4 Å². The highest BCUT2D eigenvalue weighted by atomic mass is 32.2. The largest absolute Gasteiger partial charge is 0.297 e. The van der Waals surface area contributed by atoms with Crippen molar-refractivity contribution in [3.63, 3.8) is 0 Å². The molecule has 164 valence electrons. The number of pyridine rings is 1. The van der Waals surface area contributed by atoms with Crippen LogP contribution in [0, 0.1) is 12.7 Å². The Kier molecular flexibility index (Phi) is 5.75. The topological polar surface area (TPSA) is 65.1 Å². The van der Waals surface area contributed by atoms with Gasteiger partial charge in [-0.1, -0.05) is 60.3 Å². The number of fused-ring (bicyclic) bond motifs is 1. The van der Waals surface area contributed by atoms with Crippen LogP contribution in [0.1, 0.15) is 17.0 Å². The van der Waals surface area contributed by atoms with E-state index in [1.165, 1.54) is 17.8 Å². The predicted molar refractivity (Wildman–Crippen MR) is 127 cm³/mol. The zero-order chi connectivity index (χ0) is 22.8. The van der Waals surface area contributed by atoms with Gasteiger partial charge in [0.2, 0.25) is 0 Å². The fourth-order valence-electron chi connectivity index (χ4n) is 3.72. The van der Waals surface area contributed by atoms with Gasteiger partial charge in [0.15, 0.2) is 11.0 Å². The first-order valence-electron chi connectivity index (χ1n) is 10.4. The highest BCUT2D eigenvalue weighted by Gasteiger charge is 2.18. The van der Waals surface area contributed by atoms with Crippen molar-refractivity contribution in [3.05, 3.63) is 112 Å². The van der Waals surface area contributed by atoms with Crippen LogP contribution in [-0.4, -0.2) is 24.1 Å². The maximum absolute atomic E-state index is 14.5. The van der Waals surface area contributed by atoms with E-state index in [2.05, 4.69) is 15.2 Å². The van der Waals surface area contributed by atoms with E-state index in [1.807, 2.05) is 60.0 Å². The molecule has 0 amide bonds. The van der Waals surface area contributed by atoms with Crippen molar-refractivity contribution in [2.75, 3.05) is 0 Å². The van der Waals surface area contributed by atoms with Crippen LogP contribution < -0.4 is 5.56 Å². The maximum Gasteiger partial charge on any atom is 0.258 e. The Labute approximate surface area is 193 Å². The Morgan fingerprint density at radius 1 is 0.939 bits per heavy atom. The zero-order valence-corrected chi connectivity index (χ0v) is 18.7. The van der Waals surface area contributed by atoms with E-state index in [0.717, 1.165) is 11.3 Å². The normalized spacial score (nSPS) is 11.2. The molecule has 0 N–H and O–H groups in total. The standard InChI is InChI=1S/C25H20FN5OS/c1-17-8-7-13-22-27-19(14-23(32)31(17)22)16-33-25-29-28-24(20-11-5-6-12-21(20)26)30(25)15-18-9-3-2-4-10-18/h2-14H,15-16H2,1H3. The number of hydrogen-bond acceptors (Lipinski definition) is 5. The van der Waals surface area contributed by atoms with Crippen molar-refractivity contribution in [3.8, 4) is 11.4 Å². The summed E-state index contributed by atoms with van der Waals surface area (Å²) >= 11 is 1.42. The van der Waals surface area contributed by atoms with Crippen LogP contribution in [0.3, 0.4) is 0 Å². The molecule has 3 heterocycles. The van der Waals surface area contributed by atoms with E-state index in [1.54, 1.807) is 28.7 Å². The Balaban J connectivity index is 1.50. The molecule has 33 heavy (non-hydrogen) atoms. The van der Waals surface area contributed by atoms with Gasteiger partial charge >= 0.3 is 0 Å². The summed E-state index contributed by atoms with van der Waals surface area (Å²) in [6, 6.07) is 23.6. The molecule has 5 aromatic rings. The van der Waals surface area contributed by atoms with E-state index in [9.17, 15) is 9.18 Å². The number of rotatable bonds is 6. The first kappa shape index (κ1) is 21.1. The van der Waals surface area contributed by atoms with Gasteiger partial charge in [-0.15, -0.1) is 10.2 Å². The van der Waals surface area contributed by atoms with Crippen molar-refractivity contribution < 1.29 is 4.39 Å². The molecule has 3 aromatic heterocycles. The molecule has 0 radical (unpaired) electrons. The SMILES string of the molecule is Cc1cccc2nc(CSc3nnc(-c4ccccc4F)n3Cc3ccccc3)cc(=O)n12. The van der Waals surface area contributed by atoms with Crippen LogP contribution in [0.4, 0.5) is 4.39 Å². The summed E-state index contributed by atoms with van der Waals surface area (Å²) in [6.45, 7) is 2.37. The summed E-state index contributed by atoms with van der Waals surface area (Å²) in [5.74, 6) is 0.543. The molecule has 0 saturated carbocycles. The van der Waals surface area contributed by atoms with Gasteiger partial charge in [-0.05, 0) is 36.8 Å². The van der Waals surface area contributed by atoms with Crippen molar-refractivity contribution in [2.45, 2.75) is 24.4 Å². The lowest BCUT2D eigenvalue weighted by atomic mass is 10.2. The molecule has 0 aliphatic rings. The predicted octanol–water partition coefficient (Wildman–Crippen LogP) is 4.74. The zero-order valence-electron chi connectivity index (χ0n) is 17.9. The molecule has 0 unspecified atom stereocenters. The Bertz CT molecular complexity index is 1500. The minimum Gasteiger partial charge on any atom is -0.297 e. The number of benzene rings is 2. The average Bonchev–Trinajstić information content (AvgIpc) is 3.20. The molecule has 8 heteroatoms. The number of nitrogens with zero attached hydrogens (tertiary/aromatic N) is 5. The molecule has 0 aliphatic carbocycles. The minimum absolute atomic E-state index is 0.119.